The molecule has 1 fully saturated rings. The molecular formula is C18H14F3N3O4. The number of hydrogen-bond donors (Lipinski definition) is 3. The number of pyridine rings is 2. The predicted octanol–water partition coefficient (Wildman–Crippen LogP) is 3.69. The minimum absolute atomic E-state index is 0.246. The number of carbonyl (C=O) groups is 2. The summed E-state index contributed by atoms with van der Waals surface area (Å²) in [4.78, 5) is 28.8. The monoisotopic (exact) mass is 393 g/mol. The van der Waals surface area contributed by atoms with Gasteiger partial charge in [-0.3, -0.25) is 4.98 Å². The number of carboxylic acids is 2. The highest BCUT2D eigenvalue weighted by Crippen LogP contribution is 2.32. The van der Waals surface area contributed by atoms with Gasteiger partial charge in [0.05, 0.1) is 11.1 Å². The number of alkyl halides is 3. The SMILES string of the molecule is O=C(O)C(F)(F)F.O=C(O)c1ccc2c(c1)nc(NC1CC1)c1ccncc12. The molecule has 3 N–H and O–H groups in total. The number of nitrogens with one attached hydrogen (secondary N) is 1. The average molecular weight is 393 g/mol. The molecule has 0 radical (unpaired) electrons. The number of carboxylic acid groups (broad SMARTS) is 2. The third-order valence-corrected chi connectivity index (χ3v) is 4.00. The van der Waals surface area contributed by atoms with Gasteiger partial charge in [-0.05, 0) is 31.0 Å². The van der Waals surface area contributed by atoms with E-state index >= 15 is 0 Å². The Bertz CT molecular complexity index is 1070. The highest BCUT2D eigenvalue weighted by atomic mass is 19.4. The third kappa shape index (κ3) is 4.27. The van der Waals surface area contributed by atoms with E-state index in [1.54, 1.807) is 30.6 Å². The fourth-order valence-electron chi connectivity index (χ4n) is 2.51. The van der Waals surface area contributed by atoms with E-state index in [4.69, 9.17) is 15.0 Å². The van der Waals surface area contributed by atoms with Gasteiger partial charge in [0.1, 0.15) is 5.82 Å². The van der Waals surface area contributed by atoms with Crippen molar-refractivity contribution in [2.45, 2.75) is 25.1 Å². The lowest BCUT2D eigenvalue weighted by Crippen LogP contribution is -2.21. The Morgan fingerprint density at radius 2 is 1.75 bits per heavy atom. The van der Waals surface area contributed by atoms with Crippen LogP contribution < -0.4 is 5.32 Å². The molecule has 2 heterocycles. The molecular weight excluding hydrogens is 379 g/mol. The van der Waals surface area contributed by atoms with E-state index in [1.165, 1.54) is 0 Å². The van der Waals surface area contributed by atoms with Crippen LogP contribution >= 0.6 is 0 Å². The van der Waals surface area contributed by atoms with E-state index in [9.17, 15) is 18.0 Å². The first-order chi connectivity index (χ1) is 13.2. The van der Waals surface area contributed by atoms with Crippen LogP contribution in [0.5, 0.6) is 0 Å². The number of halogens is 3. The van der Waals surface area contributed by atoms with Gasteiger partial charge >= 0.3 is 18.1 Å². The number of aromatic carboxylic acids is 1. The first-order valence-electron chi connectivity index (χ1n) is 8.14. The Balaban J connectivity index is 0.000000279. The van der Waals surface area contributed by atoms with E-state index < -0.39 is 18.1 Å². The van der Waals surface area contributed by atoms with Crippen molar-refractivity contribution in [2.75, 3.05) is 5.32 Å². The maximum Gasteiger partial charge on any atom is 0.490 e. The first-order valence-corrected chi connectivity index (χ1v) is 8.14. The fraction of sp³-hybridized carbons (Fsp3) is 0.222. The Morgan fingerprint density at radius 1 is 1.07 bits per heavy atom. The Kier molecular flexibility index (Phi) is 5.04. The van der Waals surface area contributed by atoms with E-state index in [0.717, 1.165) is 34.8 Å². The molecule has 1 aromatic carbocycles. The molecule has 10 heteroatoms. The van der Waals surface area contributed by atoms with E-state index in [2.05, 4.69) is 15.3 Å². The molecule has 1 aliphatic rings. The lowest BCUT2D eigenvalue weighted by molar-refractivity contribution is -0.192. The quantitative estimate of drug-likeness (QED) is 0.582. The summed E-state index contributed by atoms with van der Waals surface area (Å²) in [5.41, 5.74) is 0.925. The second-order valence-electron chi connectivity index (χ2n) is 6.14. The molecule has 1 aliphatic carbocycles. The van der Waals surface area contributed by atoms with Crippen molar-refractivity contribution in [2.24, 2.45) is 0 Å². The Labute approximate surface area is 155 Å². The normalized spacial score (nSPS) is 13.7. The summed E-state index contributed by atoms with van der Waals surface area (Å²) in [7, 11) is 0. The van der Waals surface area contributed by atoms with Gasteiger partial charge in [0.15, 0.2) is 0 Å². The van der Waals surface area contributed by atoms with Gasteiger partial charge in [-0.15, -0.1) is 0 Å². The number of hydrogen-bond acceptors (Lipinski definition) is 5. The van der Waals surface area contributed by atoms with E-state index in [0.29, 0.717) is 11.6 Å². The summed E-state index contributed by atoms with van der Waals surface area (Å²) < 4.78 is 31.7. The lowest BCUT2D eigenvalue weighted by atomic mass is 10.1. The van der Waals surface area contributed by atoms with Crippen molar-refractivity contribution in [3.63, 3.8) is 0 Å². The molecule has 0 saturated heterocycles. The first kappa shape index (κ1) is 19.3. The number of aliphatic carboxylic acids is 1. The fourth-order valence-corrected chi connectivity index (χ4v) is 2.51. The summed E-state index contributed by atoms with van der Waals surface area (Å²) in [5, 5.41) is 22.6. The zero-order chi connectivity index (χ0) is 20.5. The number of aromatic nitrogens is 2. The van der Waals surface area contributed by atoms with Gasteiger partial charge in [-0.2, -0.15) is 13.2 Å². The topological polar surface area (TPSA) is 112 Å². The van der Waals surface area contributed by atoms with Crippen LogP contribution in [0, 0.1) is 0 Å². The Morgan fingerprint density at radius 3 is 2.32 bits per heavy atom. The highest BCUT2D eigenvalue weighted by molar-refractivity contribution is 6.10. The average Bonchev–Trinajstić information content (AvgIpc) is 3.45. The van der Waals surface area contributed by atoms with Crippen LogP contribution in [-0.2, 0) is 4.79 Å². The summed E-state index contributed by atoms with van der Waals surface area (Å²) in [6.07, 6.45) is 0.778. The molecule has 1 saturated carbocycles. The van der Waals surface area contributed by atoms with Gasteiger partial charge in [-0.1, -0.05) is 6.07 Å². The van der Waals surface area contributed by atoms with Crippen LogP contribution in [0.25, 0.3) is 21.7 Å². The number of rotatable bonds is 3. The van der Waals surface area contributed by atoms with Crippen molar-refractivity contribution >= 4 is 39.4 Å². The minimum atomic E-state index is -5.08. The molecule has 7 nitrogen and oxygen atoms in total. The lowest BCUT2D eigenvalue weighted by Gasteiger charge is -2.11. The molecule has 0 spiro atoms. The van der Waals surface area contributed by atoms with Crippen LogP contribution in [0.2, 0.25) is 0 Å². The maximum atomic E-state index is 11.1. The zero-order valence-corrected chi connectivity index (χ0v) is 14.2. The van der Waals surface area contributed by atoms with Crippen LogP contribution in [0.1, 0.15) is 23.2 Å². The van der Waals surface area contributed by atoms with Crippen molar-refractivity contribution in [1.82, 2.24) is 9.97 Å². The maximum absolute atomic E-state index is 11.1. The highest BCUT2D eigenvalue weighted by Gasteiger charge is 2.38. The van der Waals surface area contributed by atoms with Gasteiger partial charge in [0.2, 0.25) is 0 Å². The predicted molar refractivity (Wildman–Crippen MR) is 94.3 cm³/mol. The zero-order valence-electron chi connectivity index (χ0n) is 14.2. The summed E-state index contributed by atoms with van der Waals surface area (Å²) in [6.45, 7) is 0. The molecule has 3 aromatic rings. The van der Waals surface area contributed by atoms with Gasteiger partial charge in [0, 0.05) is 34.6 Å². The molecule has 28 heavy (non-hydrogen) atoms. The molecule has 4 rings (SSSR count). The van der Waals surface area contributed by atoms with Crippen LogP contribution in [0.4, 0.5) is 19.0 Å². The number of fused-ring (bicyclic) bond motifs is 3. The van der Waals surface area contributed by atoms with Crippen molar-refractivity contribution < 1.29 is 33.0 Å². The second kappa shape index (κ2) is 7.29. The van der Waals surface area contributed by atoms with Crippen molar-refractivity contribution in [3.05, 3.63) is 42.2 Å². The van der Waals surface area contributed by atoms with E-state index in [1.807, 2.05) is 6.07 Å². The summed E-state index contributed by atoms with van der Waals surface area (Å²) in [6, 6.07) is 7.44. The standard InChI is InChI=1S/C16H13N3O2.C2HF3O2/c20-16(21)9-1-4-11-13-8-17-6-5-12(13)15(18-10-2-3-10)19-14(11)7-9;3-2(4,5)1(6)7/h1,4-8,10H,2-3H2,(H,18,19)(H,20,21);(H,6,7). The minimum Gasteiger partial charge on any atom is -0.478 e. The largest absolute Gasteiger partial charge is 0.490 e. The number of benzene rings is 1. The van der Waals surface area contributed by atoms with Crippen LogP contribution in [-0.4, -0.2) is 44.3 Å². The van der Waals surface area contributed by atoms with E-state index in [-0.39, 0.29) is 5.56 Å². The molecule has 146 valence electrons. The summed E-state index contributed by atoms with van der Waals surface area (Å²) in [5.74, 6) is -2.89. The van der Waals surface area contributed by atoms with Gasteiger partial charge in [-0.25, -0.2) is 14.6 Å². The number of anilines is 1. The molecule has 0 atom stereocenters. The molecule has 2 aromatic heterocycles. The van der Waals surface area contributed by atoms with Crippen molar-refractivity contribution in [3.8, 4) is 0 Å². The third-order valence-electron chi connectivity index (χ3n) is 4.00. The van der Waals surface area contributed by atoms with Gasteiger partial charge < -0.3 is 15.5 Å². The molecule has 0 unspecified atom stereocenters. The smallest absolute Gasteiger partial charge is 0.478 e. The molecule has 0 aliphatic heterocycles. The number of nitrogens with zero attached hydrogens (tertiary/aromatic N) is 2. The van der Waals surface area contributed by atoms with Gasteiger partial charge in [0.25, 0.3) is 0 Å². The second-order valence-corrected chi connectivity index (χ2v) is 6.14. The molecule has 0 amide bonds. The van der Waals surface area contributed by atoms with Crippen LogP contribution in [0.15, 0.2) is 36.7 Å². The van der Waals surface area contributed by atoms with Crippen LogP contribution in [0.3, 0.4) is 0 Å². The summed E-state index contributed by atoms with van der Waals surface area (Å²) >= 11 is 0. The Hall–Kier alpha value is -3.43. The molecule has 0 bridgehead atoms. The van der Waals surface area contributed by atoms with Crippen molar-refractivity contribution in [1.29, 1.82) is 0 Å².